The van der Waals surface area contributed by atoms with Gasteiger partial charge in [-0.3, -0.25) is 8.37 Å². The van der Waals surface area contributed by atoms with Gasteiger partial charge in [-0.25, -0.2) is 0 Å². The van der Waals surface area contributed by atoms with Crippen molar-refractivity contribution in [1.29, 1.82) is 0 Å². The number of rotatable bonds is 5. The average molecular weight is 286 g/mol. The second-order valence-electron chi connectivity index (χ2n) is 4.52. The van der Waals surface area contributed by atoms with E-state index in [9.17, 15) is 16.8 Å². The van der Waals surface area contributed by atoms with Gasteiger partial charge in [0.25, 0.3) is 20.2 Å². The SMILES string of the molecule is C[C@H]1[C@H](COS(C)(=O)=O)CC[C@H]1OS(C)(=O)=O. The maximum absolute atomic E-state index is 11.0. The predicted octanol–water partition coefficient (Wildman–Crippen LogP) is 0.353. The van der Waals surface area contributed by atoms with Crippen LogP contribution in [0, 0.1) is 11.8 Å². The fourth-order valence-electron chi connectivity index (χ4n) is 2.01. The molecule has 17 heavy (non-hydrogen) atoms. The van der Waals surface area contributed by atoms with E-state index in [1.807, 2.05) is 6.92 Å². The largest absolute Gasteiger partial charge is 0.270 e. The zero-order valence-electron chi connectivity index (χ0n) is 10.1. The van der Waals surface area contributed by atoms with Gasteiger partial charge in [0, 0.05) is 0 Å². The minimum Gasteiger partial charge on any atom is -0.270 e. The molecule has 3 atom stereocenters. The lowest BCUT2D eigenvalue weighted by Gasteiger charge is -2.19. The van der Waals surface area contributed by atoms with Crippen molar-refractivity contribution in [3.05, 3.63) is 0 Å². The smallest absolute Gasteiger partial charge is 0.264 e. The van der Waals surface area contributed by atoms with Crippen LogP contribution in [-0.4, -0.2) is 42.1 Å². The summed E-state index contributed by atoms with van der Waals surface area (Å²) in [6, 6.07) is 0. The Balaban J connectivity index is 2.53. The van der Waals surface area contributed by atoms with Crippen LogP contribution in [0.5, 0.6) is 0 Å². The monoisotopic (exact) mass is 286 g/mol. The van der Waals surface area contributed by atoms with Crippen molar-refractivity contribution < 1.29 is 25.2 Å². The zero-order valence-corrected chi connectivity index (χ0v) is 11.8. The second-order valence-corrected chi connectivity index (χ2v) is 7.77. The Hall–Kier alpha value is -0.180. The van der Waals surface area contributed by atoms with Crippen molar-refractivity contribution >= 4 is 20.2 Å². The van der Waals surface area contributed by atoms with Crippen molar-refractivity contribution in [3.63, 3.8) is 0 Å². The number of hydrogen-bond acceptors (Lipinski definition) is 6. The molecule has 1 aliphatic rings. The van der Waals surface area contributed by atoms with Gasteiger partial charge in [-0.05, 0) is 24.7 Å². The summed E-state index contributed by atoms with van der Waals surface area (Å²) in [5.41, 5.74) is 0. The quantitative estimate of drug-likeness (QED) is 0.678. The molecule has 0 unspecified atom stereocenters. The first-order valence-corrected chi connectivity index (χ1v) is 8.94. The van der Waals surface area contributed by atoms with Crippen LogP contribution in [0.3, 0.4) is 0 Å². The molecule has 0 bridgehead atoms. The van der Waals surface area contributed by atoms with Gasteiger partial charge < -0.3 is 0 Å². The van der Waals surface area contributed by atoms with Gasteiger partial charge >= 0.3 is 0 Å². The average Bonchev–Trinajstić information content (AvgIpc) is 2.41. The summed E-state index contributed by atoms with van der Waals surface area (Å²) in [7, 11) is -6.91. The zero-order chi connectivity index (χ0) is 13.3. The van der Waals surface area contributed by atoms with Gasteiger partial charge in [0.05, 0.1) is 25.2 Å². The van der Waals surface area contributed by atoms with Gasteiger partial charge in [-0.2, -0.15) is 16.8 Å². The molecule has 0 spiro atoms. The minimum absolute atomic E-state index is 0.0106. The Morgan fingerprint density at radius 2 is 1.65 bits per heavy atom. The Morgan fingerprint density at radius 1 is 1.06 bits per heavy atom. The molecule has 0 radical (unpaired) electrons. The summed E-state index contributed by atoms with van der Waals surface area (Å²) >= 11 is 0. The van der Waals surface area contributed by atoms with Crippen molar-refractivity contribution in [2.24, 2.45) is 11.8 Å². The third kappa shape index (κ3) is 5.33. The molecule has 1 fully saturated rings. The third-order valence-corrected chi connectivity index (χ3v) is 4.11. The highest BCUT2D eigenvalue weighted by atomic mass is 32.2. The lowest BCUT2D eigenvalue weighted by atomic mass is 9.98. The molecule has 102 valence electrons. The summed E-state index contributed by atoms with van der Waals surface area (Å²) in [5.74, 6) is -0.0250. The highest BCUT2D eigenvalue weighted by molar-refractivity contribution is 7.86. The van der Waals surface area contributed by atoms with Gasteiger partial charge in [0.15, 0.2) is 0 Å². The predicted molar refractivity (Wildman–Crippen MR) is 62.4 cm³/mol. The van der Waals surface area contributed by atoms with Crippen LogP contribution in [0.4, 0.5) is 0 Å². The molecule has 8 heteroatoms. The molecule has 0 saturated heterocycles. The summed E-state index contributed by atoms with van der Waals surface area (Å²) in [4.78, 5) is 0. The van der Waals surface area contributed by atoms with E-state index >= 15 is 0 Å². The topological polar surface area (TPSA) is 86.7 Å². The van der Waals surface area contributed by atoms with Crippen molar-refractivity contribution in [2.45, 2.75) is 25.9 Å². The second kappa shape index (κ2) is 5.21. The van der Waals surface area contributed by atoms with Crippen LogP contribution in [0.2, 0.25) is 0 Å². The molecule has 0 aromatic carbocycles. The molecule has 0 aliphatic heterocycles. The molecular formula is C9H18O6S2. The maximum Gasteiger partial charge on any atom is 0.264 e. The molecule has 0 aromatic rings. The fraction of sp³-hybridized carbons (Fsp3) is 1.00. The molecule has 1 rings (SSSR count). The van der Waals surface area contributed by atoms with Crippen LogP contribution < -0.4 is 0 Å². The lowest BCUT2D eigenvalue weighted by Crippen LogP contribution is -2.25. The number of hydrogen-bond donors (Lipinski definition) is 0. The molecule has 0 heterocycles. The van der Waals surface area contributed by atoms with Gasteiger partial charge in [0.1, 0.15) is 0 Å². The molecular weight excluding hydrogens is 268 g/mol. The molecule has 1 aliphatic carbocycles. The standard InChI is InChI=1S/C9H18O6S2/c1-7-8(6-14-16(2,10)11)4-5-9(7)15-17(3,12)13/h7-9H,4-6H2,1-3H3/t7-,8-,9+/m0/s1. The van der Waals surface area contributed by atoms with Gasteiger partial charge in [0.2, 0.25) is 0 Å². The fourth-order valence-corrected chi connectivity index (χ4v) is 3.16. The van der Waals surface area contributed by atoms with Crippen LogP contribution >= 0.6 is 0 Å². The van der Waals surface area contributed by atoms with E-state index in [1.165, 1.54) is 0 Å². The molecule has 1 saturated carbocycles. The highest BCUT2D eigenvalue weighted by Crippen LogP contribution is 2.34. The minimum atomic E-state index is -3.47. The third-order valence-electron chi connectivity index (χ3n) is 2.95. The summed E-state index contributed by atoms with van der Waals surface area (Å²) in [6.07, 6.45) is 2.94. The van der Waals surface area contributed by atoms with Crippen LogP contribution in [0.15, 0.2) is 0 Å². The Kier molecular flexibility index (Phi) is 4.56. The molecule has 0 N–H and O–H groups in total. The molecule has 6 nitrogen and oxygen atoms in total. The Labute approximate surface area is 103 Å². The normalized spacial score (nSPS) is 30.6. The summed E-state index contributed by atoms with van der Waals surface area (Å²) in [5, 5.41) is 0. The van der Waals surface area contributed by atoms with E-state index in [-0.39, 0.29) is 24.5 Å². The Bertz CT molecular complexity index is 452. The van der Waals surface area contributed by atoms with Crippen LogP contribution in [0.25, 0.3) is 0 Å². The van der Waals surface area contributed by atoms with Gasteiger partial charge in [-0.1, -0.05) is 6.92 Å². The van der Waals surface area contributed by atoms with Crippen LogP contribution in [-0.2, 0) is 28.6 Å². The van der Waals surface area contributed by atoms with E-state index < -0.39 is 20.2 Å². The van der Waals surface area contributed by atoms with E-state index in [4.69, 9.17) is 8.37 Å². The molecule has 0 aromatic heterocycles. The Morgan fingerprint density at radius 3 is 2.12 bits per heavy atom. The lowest BCUT2D eigenvalue weighted by molar-refractivity contribution is 0.141. The molecule has 0 amide bonds. The first-order valence-electron chi connectivity index (χ1n) is 5.31. The van der Waals surface area contributed by atoms with Crippen molar-refractivity contribution in [3.8, 4) is 0 Å². The van der Waals surface area contributed by atoms with Crippen molar-refractivity contribution in [2.75, 3.05) is 19.1 Å². The van der Waals surface area contributed by atoms with E-state index in [0.717, 1.165) is 12.5 Å². The summed E-state index contributed by atoms with van der Waals surface area (Å²) in [6.45, 7) is 1.93. The van der Waals surface area contributed by atoms with E-state index in [2.05, 4.69) is 0 Å². The van der Waals surface area contributed by atoms with E-state index in [0.29, 0.717) is 12.8 Å². The first-order chi connectivity index (χ1) is 7.58. The first kappa shape index (κ1) is 14.9. The highest BCUT2D eigenvalue weighted by Gasteiger charge is 2.36. The van der Waals surface area contributed by atoms with E-state index in [1.54, 1.807) is 0 Å². The maximum atomic E-state index is 11.0. The van der Waals surface area contributed by atoms with Crippen LogP contribution in [0.1, 0.15) is 19.8 Å². The van der Waals surface area contributed by atoms with Gasteiger partial charge in [-0.15, -0.1) is 0 Å². The van der Waals surface area contributed by atoms with Crippen molar-refractivity contribution in [1.82, 2.24) is 0 Å². The summed E-state index contributed by atoms with van der Waals surface area (Å²) < 4.78 is 53.4.